The zero-order valence-electron chi connectivity index (χ0n) is 9.54. The van der Waals surface area contributed by atoms with E-state index < -0.39 is 0 Å². The van der Waals surface area contributed by atoms with Crippen LogP contribution in [0.25, 0.3) is 10.9 Å². The molecule has 2 rings (SSSR count). The number of nitrogens with zero attached hydrogens (tertiary/aromatic N) is 1. The normalized spacial score (nSPS) is 11.6. The van der Waals surface area contributed by atoms with Gasteiger partial charge in [-0.1, -0.05) is 6.07 Å². The van der Waals surface area contributed by atoms with Crippen LogP contribution in [-0.2, 0) is 6.42 Å². The van der Waals surface area contributed by atoms with Gasteiger partial charge in [0.2, 0.25) is 0 Å². The van der Waals surface area contributed by atoms with Gasteiger partial charge in [-0.25, -0.2) is 0 Å². The number of aromatic amines is 1. The van der Waals surface area contributed by atoms with Crippen LogP contribution >= 0.6 is 0 Å². The number of hydrogen-bond donors (Lipinski definition) is 2. The van der Waals surface area contributed by atoms with Crippen molar-refractivity contribution in [1.82, 2.24) is 4.98 Å². The first-order chi connectivity index (χ1) is 7.49. The minimum Gasteiger partial charge on any atom is -0.361 e. The Labute approximate surface area is 94.9 Å². The highest BCUT2D eigenvalue weighted by Crippen LogP contribution is 2.22. The molecule has 0 saturated carbocycles. The van der Waals surface area contributed by atoms with Crippen molar-refractivity contribution < 1.29 is 0 Å². The molecule has 0 aliphatic carbocycles. The minimum atomic E-state index is -0.219. The van der Waals surface area contributed by atoms with Crippen molar-refractivity contribution in [3.8, 4) is 6.07 Å². The molecule has 16 heavy (non-hydrogen) atoms. The van der Waals surface area contributed by atoms with Gasteiger partial charge in [0.25, 0.3) is 0 Å². The first-order valence-electron chi connectivity index (χ1n) is 5.28. The molecule has 2 aromatic rings. The molecular weight excluding hydrogens is 198 g/mol. The topological polar surface area (TPSA) is 65.6 Å². The Balaban J connectivity index is 2.47. The van der Waals surface area contributed by atoms with Crippen molar-refractivity contribution in [1.29, 1.82) is 5.26 Å². The van der Waals surface area contributed by atoms with E-state index in [4.69, 9.17) is 11.0 Å². The molecule has 1 aromatic carbocycles. The Hall–Kier alpha value is -1.79. The summed E-state index contributed by atoms with van der Waals surface area (Å²) in [5.74, 6) is 0. The quantitative estimate of drug-likeness (QED) is 0.804. The van der Waals surface area contributed by atoms with Crippen LogP contribution in [0.1, 0.15) is 25.0 Å². The Morgan fingerprint density at radius 3 is 2.81 bits per heavy atom. The summed E-state index contributed by atoms with van der Waals surface area (Å²) in [7, 11) is 0. The monoisotopic (exact) mass is 213 g/mol. The smallest absolute Gasteiger partial charge is 0.0992 e. The predicted octanol–water partition coefficient (Wildman–Crippen LogP) is 2.32. The van der Waals surface area contributed by atoms with Gasteiger partial charge in [0.15, 0.2) is 0 Å². The van der Waals surface area contributed by atoms with Crippen molar-refractivity contribution >= 4 is 10.9 Å². The van der Waals surface area contributed by atoms with Gasteiger partial charge in [-0.2, -0.15) is 5.26 Å². The standard InChI is InChI=1S/C13H15N3/c1-13(2,15)6-10-8-16-12-5-9(7-14)3-4-11(10)12/h3-5,8,16H,6,15H2,1-2H3. The maximum Gasteiger partial charge on any atom is 0.0992 e. The van der Waals surface area contributed by atoms with Crippen molar-refractivity contribution in [2.75, 3.05) is 0 Å². The molecule has 0 spiro atoms. The third-order valence-electron chi connectivity index (χ3n) is 2.54. The van der Waals surface area contributed by atoms with Crippen LogP contribution in [-0.4, -0.2) is 10.5 Å². The number of nitrogens with one attached hydrogen (secondary N) is 1. The van der Waals surface area contributed by atoms with E-state index in [1.807, 2.05) is 38.2 Å². The summed E-state index contributed by atoms with van der Waals surface area (Å²) < 4.78 is 0. The molecule has 0 radical (unpaired) electrons. The summed E-state index contributed by atoms with van der Waals surface area (Å²) in [4.78, 5) is 3.18. The fourth-order valence-electron chi connectivity index (χ4n) is 1.89. The van der Waals surface area contributed by atoms with Gasteiger partial charge in [0.1, 0.15) is 0 Å². The van der Waals surface area contributed by atoms with Gasteiger partial charge in [0.05, 0.1) is 11.6 Å². The van der Waals surface area contributed by atoms with Gasteiger partial charge in [-0.15, -0.1) is 0 Å². The summed E-state index contributed by atoms with van der Waals surface area (Å²) >= 11 is 0. The molecule has 0 atom stereocenters. The lowest BCUT2D eigenvalue weighted by Gasteiger charge is -2.17. The number of H-pyrrole nitrogens is 1. The van der Waals surface area contributed by atoms with Crippen molar-refractivity contribution in [3.63, 3.8) is 0 Å². The number of nitrogens with two attached hydrogens (primary N) is 1. The van der Waals surface area contributed by atoms with Crippen molar-refractivity contribution in [3.05, 3.63) is 35.5 Å². The average Bonchev–Trinajstić information content (AvgIpc) is 2.58. The lowest BCUT2D eigenvalue weighted by molar-refractivity contribution is 0.518. The van der Waals surface area contributed by atoms with E-state index in [0.29, 0.717) is 5.56 Å². The minimum absolute atomic E-state index is 0.219. The number of aromatic nitrogens is 1. The largest absolute Gasteiger partial charge is 0.361 e. The molecule has 1 heterocycles. The Kier molecular flexibility index (Phi) is 2.45. The second-order valence-corrected chi connectivity index (χ2v) is 4.85. The molecular formula is C13H15N3. The lowest BCUT2D eigenvalue weighted by Crippen LogP contribution is -2.34. The molecule has 0 saturated heterocycles. The van der Waals surface area contributed by atoms with Gasteiger partial charge in [-0.05, 0) is 38.0 Å². The zero-order chi connectivity index (χ0) is 11.8. The van der Waals surface area contributed by atoms with Crippen LogP contribution in [0.4, 0.5) is 0 Å². The third-order valence-corrected chi connectivity index (χ3v) is 2.54. The zero-order valence-corrected chi connectivity index (χ0v) is 9.54. The summed E-state index contributed by atoms with van der Waals surface area (Å²) in [6, 6.07) is 7.81. The number of rotatable bonds is 2. The average molecular weight is 213 g/mol. The summed E-state index contributed by atoms with van der Waals surface area (Å²) in [6.45, 7) is 4.02. The van der Waals surface area contributed by atoms with E-state index in [1.165, 1.54) is 5.56 Å². The highest BCUT2D eigenvalue weighted by Gasteiger charge is 2.14. The maximum atomic E-state index is 8.81. The third kappa shape index (κ3) is 2.07. The first kappa shape index (κ1) is 10.7. The van der Waals surface area contributed by atoms with E-state index in [0.717, 1.165) is 17.3 Å². The van der Waals surface area contributed by atoms with E-state index in [9.17, 15) is 0 Å². The first-order valence-corrected chi connectivity index (χ1v) is 5.28. The molecule has 3 nitrogen and oxygen atoms in total. The van der Waals surface area contributed by atoms with E-state index in [2.05, 4.69) is 11.1 Å². The maximum absolute atomic E-state index is 8.81. The molecule has 0 unspecified atom stereocenters. The predicted molar refractivity (Wildman–Crippen MR) is 65.0 cm³/mol. The van der Waals surface area contributed by atoms with E-state index in [1.54, 1.807) is 0 Å². The molecule has 3 N–H and O–H groups in total. The second kappa shape index (κ2) is 3.66. The number of nitriles is 1. The van der Waals surface area contributed by atoms with E-state index >= 15 is 0 Å². The summed E-state index contributed by atoms with van der Waals surface area (Å²) in [5.41, 5.74) is 8.66. The molecule has 0 aliphatic rings. The summed E-state index contributed by atoms with van der Waals surface area (Å²) in [5, 5.41) is 9.96. The lowest BCUT2D eigenvalue weighted by atomic mass is 9.96. The van der Waals surface area contributed by atoms with Crippen LogP contribution in [0.2, 0.25) is 0 Å². The number of hydrogen-bond acceptors (Lipinski definition) is 2. The molecule has 0 bridgehead atoms. The Morgan fingerprint density at radius 2 is 2.19 bits per heavy atom. The second-order valence-electron chi connectivity index (χ2n) is 4.85. The molecule has 0 amide bonds. The molecule has 0 fully saturated rings. The highest BCUT2D eigenvalue weighted by atomic mass is 14.7. The number of benzene rings is 1. The van der Waals surface area contributed by atoms with Crippen molar-refractivity contribution in [2.24, 2.45) is 5.73 Å². The Bertz CT molecular complexity index is 553. The molecule has 0 aliphatic heterocycles. The molecule has 1 aromatic heterocycles. The van der Waals surface area contributed by atoms with Crippen LogP contribution in [0, 0.1) is 11.3 Å². The Morgan fingerprint density at radius 1 is 1.44 bits per heavy atom. The fourth-order valence-corrected chi connectivity index (χ4v) is 1.89. The van der Waals surface area contributed by atoms with Crippen LogP contribution < -0.4 is 5.73 Å². The van der Waals surface area contributed by atoms with Crippen LogP contribution in [0.3, 0.4) is 0 Å². The number of fused-ring (bicyclic) bond motifs is 1. The molecule has 3 heteroatoms. The highest BCUT2D eigenvalue weighted by molar-refractivity contribution is 5.84. The summed E-state index contributed by atoms with van der Waals surface area (Å²) in [6.07, 6.45) is 2.79. The van der Waals surface area contributed by atoms with Gasteiger partial charge < -0.3 is 10.7 Å². The van der Waals surface area contributed by atoms with Gasteiger partial charge >= 0.3 is 0 Å². The van der Waals surface area contributed by atoms with Gasteiger partial charge in [-0.3, -0.25) is 0 Å². The van der Waals surface area contributed by atoms with Crippen LogP contribution in [0.15, 0.2) is 24.4 Å². The van der Waals surface area contributed by atoms with Crippen LogP contribution in [0.5, 0.6) is 0 Å². The fraction of sp³-hybridized carbons (Fsp3) is 0.308. The van der Waals surface area contributed by atoms with E-state index in [-0.39, 0.29) is 5.54 Å². The molecule has 82 valence electrons. The SMILES string of the molecule is CC(C)(N)Cc1c[nH]c2cc(C#N)ccc12. The van der Waals surface area contributed by atoms with Crippen molar-refractivity contribution in [2.45, 2.75) is 25.8 Å². The van der Waals surface area contributed by atoms with Gasteiger partial charge in [0, 0.05) is 22.6 Å².